The van der Waals surface area contributed by atoms with Gasteiger partial charge in [0.1, 0.15) is 5.75 Å². The zero-order valence-electron chi connectivity index (χ0n) is 13.2. The number of nitrogens with zero attached hydrogens (tertiary/aromatic N) is 3. The molecule has 0 bridgehead atoms. The van der Waals surface area contributed by atoms with Crippen molar-refractivity contribution >= 4 is 11.7 Å². The molecular weight excluding hydrogens is 268 g/mol. The van der Waals surface area contributed by atoms with E-state index in [1.54, 1.807) is 7.11 Å². The maximum Gasteiger partial charge on any atom is 0.322 e. The molecule has 0 aliphatic rings. The molecule has 1 heterocycles. The summed E-state index contributed by atoms with van der Waals surface area (Å²) in [6.45, 7) is 6.81. The Morgan fingerprint density at radius 1 is 1.29 bits per heavy atom. The summed E-state index contributed by atoms with van der Waals surface area (Å²) < 4.78 is 10.9. The third-order valence-corrected chi connectivity index (χ3v) is 2.95. The maximum atomic E-state index is 5.67. The first-order valence-corrected chi connectivity index (χ1v) is 6.84. The lowest BCUT2D eigenvalue weighted by Gasteiger charge is -2.18. The molecule has 21 heavy (non-hydrogen) atoms. The molecule has 0 spiro atoms. The van der Waals surface area contributed by atoms with Gasteiger partial charge in [-0.3, -0.25) is 4.90 Å². The van der Waals surface area contributed by atoms with Crippen molar-refractivity contribution in [2.24, 2.45) is 0 Å². The van der Waals surface area contributed by atoms with Crippen molar-refractivity contribution in [2.45, 2.75) is 32.9 Å². The van der Waals surface area contributed by atoms with Crippen LogP contribution in [0.5, 0.6) is 5.75 Å². The molecule has 1 aromatic heterocycles. The van der Waals surface area contributed by atoms with Gasteiger partial charge in [0.15, 0.2) is 0 Å². The second-order valence-electron chi connectivity index (χ2n) is 5.84. The molecule has 0 radical (unpaired) electrons. The van der Waals surface area contributed by atoms with Crippen molar-refractivity contribution in [3.8, 4) is 5.75 Å². The third kappa shape index (κ3) is 4.19. The van der Waals surface area contributed by atoms with Gasteiger partial charge in [-0.05, 0) is 32.9 Å². The molecule has 0 saturated heterocycles. The molecule has 0 amide bonds. The van der Waals surface area contributed by atoms with Gasteiger partial charge in [-0.15, -0.1) is 5.10 Å². The zero-order valence-corrected chi connectivity index (χ0v) is 13.2. The Kier molecular flexibility index (Phi) is 4.47. The molecule has 0 fully saturated rings. The van der Waals surface area contributed by atoms with Crippen molar-refractivity contribution < 1.29 is 9.15 Å². The Morgan fingerprint density at radius 3 is 2.71 bits per heavy atom. The number of hydrogen-bond acceptors (Lipinski definition) is 6. The number of anilines is 2. The van der Waals surface area contributed by atoms with Gasteiger partial charge in [0.2, 0.25) is 5.89 Å². The van der Waals surface area contributed by atoms with Gasteiger partial charge in [-0.25, -0.2) is 0 Å². The van der Waals surface area contributed by atoms with Crippen molar-refractivity contribution in [1.29, 1.82) is 0 Å². The molecule has 6 nitrogen and oxygen atoms in total. The number of rotatable bonds is 5. The van der Waals surface area contributed by atoms with E-state index in [-0.39, 0.29) is 5.54 Å². The number of nitrogens with one attached hydrogen (secondary N) is 1. The second kappa shape index (κ2) is 6.13. The number of benzene rings is 1. The first-order chi connectivity index (χ1) is 9.89. The summed E-state index contributed by atoms with van der Waals surface area (Å²) in [6, 6.07) is 8.14. The van der Waals surface area contributed by atoms with Crippen molar-refractivity contribution in [1.82, 2.24) is 15.5 Å². The second-order valence-corrected chi connectivity index (χ2v) is 5.84. The number of aromatic nitrogens is 2. The summed E-state index contributed by atoms with van der Waals surface area (Å²) in [5.41, 5.74) is 0.932. The monoisotopic (exact) mass is 290 g/mol. The minimum Gasteiger partial charge on any atom is -0.497 e. The van der Waals surface area contributed by atoms with Crippen molar-refractivity contribution in [2.75, 3.05) is 19.1 Å². The Hall–Kier alpha value is -2.08. The highest BCUT2D eigenvalue weighted by atomic mass is 16.5. The normalized spacial score (nSPS) is 11.5. The molecule has 0 aliphatic heterocycles. The predicted molar refractivity (Wildman–Crippen MR) is 81.9 cm³/mol. The number of methoxy groups -OCH3 is 1. The van der Waals surface area contributed by atoms with Crippen LogP contribution < -0.4 is 15.0 Å². The van der Waals surface area contributed by atoms with Crippen LogP contribution in [0.1, 0.15) is 26.7 Å². The molecular formula is C15H22N4O2. The van der Waals surface area contributed by atoms with Gasteiger partial charge in [0.05, 0.1) is 13.7 Å². The summed E-state index contributed by atoms with van der Waals surface area (Å²) >= 11 is 0. The fraction of sp³-hybridized carbons (Fsp3) is 0.467. The van der Waals surface area contributed by atoms with Crippen LogP contribution in [0.2, 0.25) is 0 Å². The van der Waals surface area contributed by atoms with Gasteiger partial charge >= 0.3 is 6.01 Å². The topological polar surface area (TPSA) is 63.4 Å². The SMILES string of the molecule is COc1cccc(N(C)c2nnc(CNC(C)(C)C)o2)c1. The van der Waals surface area contributed by atoms with E-state index in [4.69, 9.17) is 9.15 Å². The van der Waals surface area contributed by atoms with E-state index < -0.39 is 0 Å². The fourth-order valence-corrected chi connectivity index (χ4v) is 1.72. The molecule has 2 rings (SSSR count). The van der Waals surface area contributed by atoms with Crippen LogP contribution in [-0.2, 0) is 6.54 Å². The highest BCUT2D eigenvalue weighted by Crippen LogP contribution is 2.25. The van der Waals surface area contributed by atoms with Gasteiger partial charge in [-0.2, -0.15) is 0 Å². The Labute approximate surface area is 125 Å². The zero-order chi connectivity index (χ0) is 15.5. The van der Waals surface area contributed by atoms with Crippen LogP contribution in [0.15, 0.2) is 28.7 Å². The smallest absolute Gasteiger partial charge is 0.322 e. The lowest BCUT2D eigenvalue weighted by Crippen LogP contribution is -2.35. The average Bonchev–Trinajstić information content (AvgIpc) is 2.92. The van der Waals surface area contributed by atoms with Gasteiger partial charge < -0.3 is 14.5 Å². The Bertz CT molecular complexity index is 589. The Balaban J connectivity index is 2.09. The molecule has 0 atom stereocenters. The first kappa shape index (κ1) is 15.3. The first-order valence-electron chi connectivity index (χ1n) is 6.84. The lowest BCUT2D eigenvalue weighted by atomic mass is 10.1. The van der Waals surface area contributed by atoms with Crippen molar-refractivity contribution in [3.05, 3.63) is 30.2 Å². The van der Waals surface area contributed by atoms with Crippen molar-refractivity contribution in [3.63, 3.8) is 0 Å². The van der Waals surface area contributed by atoms with Gasteiger partial charge in [-0.1, -0.05) is 11.2 Å². The predicted octanol–water partition coefficient (Wildman–Crippen LogP) is 2.73. The van der Waals surface area contributed by atoms with Crippen LogP contribution in [-0.4, -0.2) is 29.9 Å². The summed E-state index contributed by atoms with van der Waals surface area (Å²) in [6.07, 6.45) is 0. The van der Waals surface area contributed by atoms with Crippen LogP contribution in [0.4, 0.5) is 11.7 Å². The average molecular weight is 290 g/mol. The molecule has 114 valence electrons. The quantitative estimate of drug-likeness (QED) is 0.913. The van der Waals surface area contributed by atoms with Crippen LogP contribution in [0.3, 0.4) is 0 Å². The highest BCUT2D eigenvalue weighted by Gasteiger charge is 2.15. The molecule has 6 heteroatoms. The van der Waals surface area contributed by atoms with Gasteiger partial charge in [0, 0.05) is 24.3 Å². The van der Waals surface area contributed by atoms with Crippen LogP contribution >= 0.6 is 0 Å². The number of ether oxygens (including phenoxy) is 1. The Morgan fingerprint density at radius 2 is 2.05 bits per heavy atom. The van der Waals surface area contributed by atoms with Crippen LogP contribution in [0, 0.1) is 0 Å². The molecule has 1 aromatic carbocycles. The fourth-order valence-electron chi connectivity index (χ4n) is 1.72. The maximum absolute atomic E-state index is 5.67. The van der Waals surface area contributed by atoms with Crippen LogP contribution in [0.25, 0.3) is 0 Å². The minimum atomic E-state index is 0.00727. The molecule has 0 saturated carbocycles. The van der Waals surface area contributed by atoms with E-state index >= 15 is 0 Å². The molecule has 2 aromatic rings. The summed E-state index contributed by atoms with van der Waals surface area (Å²) in [5.74, 6) is 1.35. The standard InChI is InChI=1S/C15H22N4O2/c1-15(2,3)16-10-13-17-18-14(21-13)19(4)11-7-6-8-12(9-11)20-5/h6-9,16H,10H2,1-5H3. The van der Waals surface area contributed by atoms with E-state index in [1.165, 1.54) is 0 Å². The third-order valence-electron chi connectivity index (χ3n) is 2.95. The van der Waals surface area contributed by atoms with E-state index in [9.17, 15) is 0 Å². The highest BCUT2D eigenvalue weighted by molar-refractivity contribution is 5.57. The summed E-state index contributed by atoms with van der Waals surface area (Å²) in [7, 11) is 3.52. The molecule has 0 unspecified atom stereocenters. The molecule has 1 N–H and O–H groups in total. The van der Waals surface area contributed by atoms with E-state index in [2.05, 4.69) is 36.3 Å². The minimum absolute atomic E-state index is 0.00727. The van der Waals surface area contributed by atoms with E-state index in [1.807, 2.05) is 36.2 Å². The summed E-state index contributed by atoms with van der Waals surface area (Å²) in [5, 5.41) is 11.4. The van der Waals surface area contributed by atoms with E-state index in [0.717, 1.165) is 11.4 Å². The largest absolute Gasteiger partial charge is 0.497 e. The van der Waals surface area contributed by atoms with Gasteiger partial charge in [0.25, 0.3) is 0 Å². The van der Waals surface area contributed by atoms with E-state index in [0.29, 0.717) is 18.5 Å². The number of hydrogen-bond donors (Lipinski definition) is 1. The summed E-state index contributed by atoms with van der Waals surface area (Å²) in [4.78, 5) is 1.83. The lowest BCUT2D eigenvalue weighted by molar-refractivity contribution is 0.382. The molecule has 0 aliphatic carbocycles.